The van der Waals surface area contributed by atoms with E-state index >= 15 is 0 Å². The standard InChI is InChI=1S/C18H17N5O4S2/c1-10-19-12(9-28-10)11-3-4-14-13(5-11)23(17(25)8-27-14)6-15(24)20-18-22-21-16(29-18)7-26-2/h3-5,9H,6-8H2,1-2H3,(H,20,22,24). The maximum atomic E-state index is 12.5. The number of aryl methyl sites for hydroxylation is 1. The average molecular weight is 431 g/mol. The molecule has 2 amide bonds. The first-order valence-corrected chi connectivity index (χ1v) is 10.3. The Hall–Kier alpha value is -2.89. The van der Waals surface area contributed by atoms with Crippen molar-refractivity contribution in [2.45, 2.75) is 13.5 Å². The summed E-state index contributed by atoms with van der Waals surface area (Å²) in [6, 6.07) is 5.49. The highest BCUT2D eigenvalue weighted by atomic mass is 32.1. The van der Waals surface area contributed by atoms with Crippen molar-refractivity contribution in [3.05, 3.63) is 33.6 Å². The van der Waals surface area contributed by atoms with Gasteiger partial charge >= 0.3 is 0 Å². The van der Waals surface area contributed by atoms with Crippen LogP contribution in [0.5, 0.6) is 5.75 Å². The van der Waals surface area contributed by atoms with Gasteiger partial charge in [-0.25, -0.2) is 4.98 Å². The number of hydrogen-bond acceptors (Lipinski definition) is 9. The molecule has 0 fully saturated rings. The summed E-state index contributed by atoms with van der Waals surface area (Å²) in [7, 11) is 1.56. The highest BCUT2D eigenvalue weighted by Crippen LogP contribution is 2.36. The monoisotopic (exact) mass is 431 g/mol. The fourth-order valence-corrected chi connectivity index (χ4v) is 4.17. The molecule has 2 aromatic heterocycles. The number of anilines is 2. The van der Waals surface area contributed by atoms with Gasteiger partial charge in [0.15, 0.2) is 6.61 Å². The summed E-state index contributed by atoms with van der Waals surface area (Å²) in [6.07, 6.45) is 0. The van der Waals surface area contributed by atoms with Crippen molar-refractivity contribution in [3.8, 4) is 17.0 Å². The van der Waals surface area contributed by atoms with Crippen LogP contribution in [0.25, 0.3) is 11.3 Å². The van der Waals surface area contributed by atoms with E-state index in [0.717, 1.165) is 16.3 Å². The van der Waals surface area contributed by atoms with Crippen molar-refractivity contribution >= 4 is 45.3 Å². The number of benzene rings is 1. The Morgan fingerprint density at radius 1 is 1.38 bits per heavy atom. The zero-order valence-electron chi connectivity index (χ0n) is 15.7. The summed E-state index contributed by atoms with van der Waals surface area (Å²) in [4.78, 5) is 30.9. The van der Waals surface area contributed by atoms with E-state index in [4.69, 9.17) is 9.47 Å². The first-order valence-electron chi connectivity index (χ1n) is 8.64. The molecule has 1 aliphatic rings. The van der Waals surface area contributed by atoms with Crippen molar-refractivity contribution in [3.63, 3.8) is 0 Å². The summed E-state index contributed by atoms with van der Waals surface area (Å²) in [5, 5.41) is 14.4. The van der Waals surface area contributed by atoms with Gasteiger partial charge in [-0.2, -0.15) is 0 Å². The second-order valence-electron chi connectivity index (χ2n) is 6.18. The summed E-state index contributed by atoms with van der Waals surface area (Å²) in [5.74, 6) is -0.121. The van der Waals surface area contributed by atoms with Crippen LogP contribution in [0, 0.1) is 6.92 Å². The molecular formula is C18H17N5O4S2. The number of hydrogen-bond donors (Lipinski definition) is 1. The molecule has 1 aromatic carbocycles. The minimum Gasteiger partial charge on any atom is -0.482 e. The van der Waals surface area contributed by atoms with E-state index in [1.165, 1.54) is 16.2 Å². The van der Waals surface area contributed by atoms with Crippen molar-refractivity contribution in [1.29, 1.82) is 0 Å². The number of nitrogens with one attached hydrogen (secondary N) is 1. The maximum absolute atomic E-state index is 12.5. The van der Waals surface area contributed by atoms with Crippen LogP contribution in [-0.4, -0.2) is 47.3 Å². The van der Waals surface area contributed by atoms with E-state index in [2.05, 4.69) is 20.5 Å². The highest BCUT2D eigenvalue weighted by molar-refractivity contribution is 7.15. The number of carbonyl (C=O) groups is 2. The fraction of sp³-hybridized carbons (Fsp3) is 0.278. The number of methoxy groups -OCH3 is 1. The average Bonchev–Trinajstić information content (AvgIpc) is 3.33. The number of rotatable bonds is 6. The third-order valence-corrected chi connectivity index (χ3v) is 5.69. The summed E-state index contributed by atoms with van der Waals surface area (Å²) in [5.41, 5.74) is 2.21. The first-order chi connectivity index (χ1) is 14.0. The third-order valence-electron chi connectivity index (χ3n) is 4.10. The van der Waals surface area contributed by atoms with Crippen LogP contribution < -0.4 is 15.0 Å². The topological polar surface area (TPSA) is 107 Å². The Morgan fingerprint density at radius 3 is 3.00 bits per heavy atom. The lowest BCUT2D eigenvalue weighted by atomic mass is 10.1. The Bertz CT molecular complexity index is 1060. The minimum atomic E-state index is -0.374. The zero-order valence-corrected chi connectivity index (χ0v) is 17.3. The molecule has 9 nitrogen and oxygen atoms in total. The van der Waals surface area contributed by atoms with Crippen molar-refractivity contribution in [2.24, 2.45) is 0 Å². The first kappa shape index (κ1) is 19.4. The molecule has 3 aromatic rings. The molecule has 0 radical (unpaired) electrons. The summed E-state index contributed by atoms with van der Waals surface area (Å²) in [6.45, 7) is 1.98. The maximum Gasteiger partial charge on any atom is 0.265 e. The zero-order chi connectivity index (χ0) is 20.4. The molecule has 29 heavy (non-hydrogen) atoms. The molecule has 0 saturated heterocycles. The molecule has 3 heterocycles. The van der Waals surface area contributed by atoms with E-state index in [1.54, 1.807) is 24.5 Å². The van der Waals surface area contributed by atoms with Gasteiger partial charge in [0.1, 0.15) is 23.9 Å². The Balaban J connectivity index is 1.54. The molecule has 0 atom stereocenters. The molecule has 4 rings (SSSR count). The van der Waals surface area contributed by atoms with Gasteiger partial charge in [0, 0.05) is 18.1 Å². The molecule has 0 saturated carbocycles. The van der Waals surface area contributed by atoms with Crippen LogP contribution in [0.15, 0.2) is 23.6 Å². The second kappa shape index (κ2) is 8.23. The predicted octanol–water partition coefficient (Wildman–Crippen LogP) is 2.48. The fourth-order valence-electron chi connectivity index (χ4n) is 2.82. The predicted molar refractivity (Wildman–Crippen MR) is 109 cm³/mol. The molecule has 0 unspecified atom stereocenters. The van der Waals surface area contributed by atoms with Gasteiger partial charge in [0.05, 0.1) is 16.4 Å². The smallest absolute Gasteiger partial charge is 0.265 e. The van der Waals surface area contributed by atoms with Gasteiger partial charge in [-0.1, -0.05) is 11.3 Å². The van der Waals surface area contributed by atoms with Crippen molar-refractivity contribution in [1.82, 2.24) is 15.2 Å². The van der Waals surface area contributed by atoms with Gasteiger partial charge in [-0.3, -0.25) is 19.8 Å². The molecule has 0 aliphatic carbocycles. The van der Waals surface area contributed by atoms with Crippen LogP contribution in [-0.2, 0) is 20.9 Å². The van der Waals surface area contributed by atoms with Crippen LogP contribution in [0.3, 0.4) is 0 Å². The Kier molecular flexibility index (Phi) is 5.51. The lowest BCUT2D eigenvalue weighted by Crippen LogP contribution is -2.43. The van der Waals surface area contributed by atoms with E-state index in [1.807, 2.05) is 24.4 Å². The largest absolute Gasteiger partial charge is 0.482 e. The molecule has 1 aliphatic heterocycles. The number of amides is 2. The molecule has 0 bridgehead atoms. The van der Waals surface area contributed by atoms with E-state index in [0.29, 0.717) is 28.2 Å². The van der Waals surface area contributed by atoms with Gasteiger partial charge in [-0.15, -0.1) is 21.5 Å². The number of aromatic nitrogens is 3. The van der Waals surface area contributed by atoms with Gasteiger partial charge in [0.25, 0.3) is 5.91 Å². The quantitative estimate of drug-likeness (QED) is 0.639. The number of carbonyl (C=O) groups excluding carboxylic acids is 2. The molecule has 1 N–H and O–H groups in total. The van der Waals surface area contributed by atoms with E-state index in [9.17, 15) is 9.59 Å². The SMILES string of the molecule is COCc1nnc(NC(=O)CN2C(=O)COc3ccc(-c4csc(C)n4)cc32)s1. The van der Waals surface area contributed by atoms with E-state index < -0.39 is 0 Å². The third kappa shape index (κ3) is 4.26. The number of fused-ring (bicyclic) bond motifs is 1. The van der Waals surface area contributed by atoms with Crippen LogP contribution in [0.4, 0.5) is 10.8 Å². The van der Waals surface area contributed by atoms with Crippen LogP contribution >= 0.6 is 22.7 Å². The molecule has 150 valence electrons. The highest BCUT2D eigenvalue weighted by Gasteiger charge is 2.28. The van der Waals surface area contributed by atoms with Gasteiger partial charge in [-0.05, 0) is 25.1 Å². The molecule has 11 heteroatoms. The Labute approximate surface area is 174 Å². The van der Waals surface area contributed by atoms with Crippen LogP contribution in [0.1, 0.15) is 10.0 Å². The normalized spacial score (nSPS) is 13.2. The number of thiazole rings is 1. The van der Waals surface area contributed by atoms with Crippen molar-refractivity contribution < 1.29 is 19.1 Å². The lowest BCUT2D eigenvalue weighted by Gasteiger charge is -2.29. The van der Waals surface area contributed by atoms with Crippen molar-refractivity contribution in [2.75, 3.05) is 30.5 Å². The summed E-state index contributed by atoms with van der Waals surface area (Å²) >= 11 is 2.77. The van der Waals surface area contributed by atoms with E-state index in [-0.39, 0.29) is 25.0 Å². The minimum absolute atomic E-state index is 0.119. The molecular weight excluding hydrogens is 414 g/mol. The van der Waals surface area contributed by atoms with Gasteiger partial charge < -0.3 is 9.47 Å². The Morgan fingerprint density at radius 2 is 2.24 bits per heavy atom. The lowest BCUT2D eigenvalue weighted by molar-refractivity contribution is -0.123. The number of ether oxygens (including phenoxy) is 2. The molecule has 0 spiro atoms. The van der Waals surface area contributed by atoms with Crippen LogP contribution in [0.2, 0.25) is 0 Å². The number of nitrogens with zero attached hydrogens (tertiary/aromatic N) is 4. The second-order valence-corrected chi connectivity index (χ2v) is 8.31. The summed E-state index contributed by atoms with van der Waals surface area (Å²) < 4.78 is 10.5. The van der Waals surface area contributed by atoms with Gasteiger partial charge in [0.2, 0.25) is 11.0 Å².